The number of ether oxygens (including phenoxy) is 1. The Morgan fingerprint density at radius 3 is 2.96 bits per heavy atom. The summed E-state index contributed by atoms with van der Waals surface area (Å²) in [7, 11) is 0. The molecule has 7 nitrogen and oxygen atoms in total. The number of hydrogen-bond donors (Lipinski definition) is 1. The SMILES string of the molecule is O=c1c2nn(Cc3ccccc3F)c(Cl)c2cnn1[C@@H]1C2CO[C@H](CO)C21. The van der Waals surface area contributed by atoms with E-state index in [4.69, 9.17) is 16.3 Å². The van der Waals surface area contributed by atoms with Crippen LogP contribution in [0.15, 0.2) is 35.3 Å². The minimum Gasteiger partial charge on any atom is -0.394 e. The van der Waals surface area contributed by atoms with Gasteiger partial charge in [-0.15, -0.1) is 0 Å². The van der Waals surface area contributed by atoms with Crippen molar-refractivity contribution in [1.82, 2.24) is 19.6 Å². The standard InChI is InChI=1S/C18H16ClFN4O3/c19-17-10-5-21-24(16-11-8-27-13(7-25)14(11)16)18(26)15(10)22-23(17)6-9-3-1-2-4-12(9)20/h1-5,11,13-14,16,25H,6-8H2/t11?,13-,14?,16-/m1/s1. The second-order valence-corrected chi connectivity index (χ2v) is 7.34. The zero-order valence-electron chi connectivity index (χ0n) is 14.1. The molecule has 3 heterocycles. The lowest BCUT2D eigenvalue weighted by atomic mass is 10.2. The molecule has 4 atom stereocenters. The Labute approximate surface area is 157 Å². The minimum absolute atomic E-state index is 0.0717. The van der Waals surface area contributed by atoms with E-state index in [0.29, 0.717) is 17.6 Å². The lowest BCUT2D eigenvalue weighted by molar-refractivity contribution is 0.0249. The summed E-state index contributed by atoms with van der Waals surface area (Å²) >= 11 is 6.36. The number of aliphatic hydroxyl groups excluding tert-OH is 1. The van der Waals surface area contributed by atoms with Crippen molar-refractivity contribution in [2.24, 2.45) is 11.8 Å². The van der Waals surface area contributed by atoms with Gasteiger partial charge in [-0.25, -0.2) is 13.8 Å². The summed E-state index contributed by atoms with van der Waals surface area (Å²) < 4.78 is 22.2. The predicted molar refractivity (Wildman–Crippen MR) is 95.1 cm³/mol. The van der Waals surface area contributed by atoms with Gasteiger partial charge in [0.1, 0.15) is 11.0 Å². The molecular weight excluding hydrogens is 375 g/mol. The fourth-order valence-corrected chi connectivity index (χ4v) is 4.30. The molecule has 2 fully saturated rings. The second kappa shape index (κ2) is 6.12. The van der Waals surface area contributed by atoms with Crippen molar-refractivity contribution in [3.63, 3.8) is 0 Å². The van der Waals surface area contributed by atoms with Gasteiger partial charge in [0.15, 0.2) is 5.52 Å². The number of fused-ring (bicyclic) bond motifs is 2. The molecule has 2 unspecified atom stereocenters. The molecule has 1 aromatic carbocycles. The molecule has 9 heteroatoms. The highest BCUT2D eigenvalue weighted by atomic mass is 35.5. The molecule has 0 spiro atoms. The zero-order chi connectivity index (χ0) is 18.7. The van der Waals surface area contributed by atoms with Crippen molar-refractivity contribution in [2.75, 3.05) is 13.2 Å². The van der Waals surface area contributed by atoms with Gasteiger partial charge in [0, 0.05) is 17.4 Å². The molecule has 1 aliphatic heterocycles. The molecule has 2 aliphatic rings. The Kier molecular flexibility index (Phi) is 3.82. The molecule has 27 heavy (non-hydrogen) atoms. The quantitative estimate of drug-likeness (QED) is 0.732. The number of rotatable bonds is 4. The van der Waals surface area contributed by atoms with Crippen LogP contribution >= 0.6 is 11.6 Å². The van der Waals surface area contributed by atoms with Crippen LogP contribution in [0.1, 0.15) is 11.6 Å². The molecule has 1 saturated carbocycles. The molecule has 3 aromatic rings. The lowest BCUT2D eigenvalue weighted by Crippen LogP contribution is -2.27. The molecule has 1 saturated heterocycles. The summed E-state index contributed by atoms with van der Waals surface area (Å²) in [6, 6.07) is 6.26. The monoisotopic (exact) mass is 390 g/mol. The fourth-order valence-electron chi connectivity index (χ4n) is 4.07. The van der Waals surface area contributed by atoms with E-state index in [1.54, 1.807) is 18.2 Å². The number of hydrogen-bond acceptors (Lipinski definition) is 5. The van der Waals surface area contributed by atoms with Gasteiger partial charge in [0.25, 0.3) is 5.56 Å². The van der Waals surface area contributed by atoms with Crippen molar-refractivity contribution in [3.8, 4) is 0 Å². The first-order chi connectivity index (χ1) is 13.1. The van der Waals surface area contributed by atoms with Crippen molar-refractivity contribution >= 4 is 22.5 Å². The molecule has 5 rings (SSSR count). The Morgan fingerprint density at radius 1 is 1.37 bits per heavy atom. The number of nitrogens with zero attached hydrogens (tertiary/aromatic N) is 4. The molecule has 2 aromatic heterocycles. The van der Waals surface area contributed by atoms with Crippen LogP contribution < -0.4 is 5.56 Å². The third-order valence-corrected chi connectivity index (χ3v) is 5.90. The Balaban J connectivity index is 1.52. The van der Waals surface area contributed by atoms with E-state index in [0.717, 1.165) is 0 Å². The van der Waals surface area contributed by atoms with E-state index in [1.807, 2.05) is 0 Å². The molecule has 1 N–H and O–H groups in total. The smallest absolute Gasteiger partial charge is 0.295 e. The third kappa shape index (κ3) is 2.51. The molecule has 1 aliphatic carbocycles. The van der Waals surface area contributed by atoms with Crippen molar-refractivity contribution in [3.05, 3.63) is 57.3 Å². The van der Waals surface area contributed by atoms with E-state index in [2.05, 4.69) is 10.2 Å². The van der Waals surface area contributed by atoms with Gasteiger partial charge in [-0.1, -0.05) is 29.8 Å². The first-order valence-corrected chi connectivity index (χ1v) is 9.07. The molecule has 140 valence electrons. The Hall–Kier alpha value is -2.29. The van der Waals surface area contributed by atoms with Gasteiger partial charge in [-0.2, -0.15) is 10.2 Å². The number of aliphatic hydroxyl groups is 1. The average molecular weight is 391 g/mol. The van der Waals surface area contributed by atoms with E-state index in [9.17, 15) is 14.3 Å². The largest absolute Gasteiger partial charge is 0.394 e. The molecule has 0 radical (unpaired) electrons. The summed E-state index contributed by atoms with van der Waals surface area (Å²) in [5, 5.41) is 18.7. The Bertz CT molecular complexity index is 1100. The van der Waals surface area contributed by atoms with Crippen molar-refractivity contribution < 1.29 is 14.2 Å². The maximum Gasteiger partial charge on any atom is 0.295 e. The first kappa shape index (κ1) is 16.9. The summed E-state index contributed by atoms with van der Waals surface area (Å²) in [6.07, 6.45) is 1.26. The van der Waals surface area contributed by atoms with Crippen LogP contribution in [0.25, 0.3) is 10.9 Å². The first-order valence-electron chi connectivity index (χ1n) is 8.70. The number of benzene rings is 1. The van der Waals surface area contributed by atoms with Gasteiger partial charge in [-0.3, -0.25) is 4.79 Å². The van der Waals surface area contributed by atoms with Gasteiger partial charge >= 0.3 is 0 Å². The average Bonchev–Trinajstić information content (AvgIpc) is 3.05. The van der Waals surface area contributed by atoms with Crippen LogP contribution in [0.5, 0.6) is 0 Å². The number of halogens is 2. The van der Waals surface area contributed by atoms with Crippen LogP contribution in [-0.4, -0.2) is 44.0 Å². The van der Waals surface area contributed by atoms with Crippen LogP contribution in [0.2, 0.25) is 5.15 Å². The fraction of sp³-hybridized carbons (Fsp3) is 0.389. The van der Waals surface area contributed by atoms with Crippen LogP contribution in [0.4, 0.5) is 4.39 Å². The van der Waals surface area contributed by atoms with Gasteiger partial charge in [0.2, 0.25) is 0 Å². The summed E-state index contributed by atoms with van der Waals surface area (Å²) in [5.74, 6) is -0.0843. The highest BCUT2D eigenvalue weighted by Crippen LogP contribution is 2.56. The van der Waals surface area contributed by atoms with Crippen LogP contribution in [0, 0.1) is 17.7 Å². The van der Waals surface area contributed by atoms with Crippen molar-refractivity contribution in [1.29, 1.82) is 0 Å². The summed E-state index contributed by atoms with van der Waals surface area (Å²) in [6.45, 7) is 0.557. The zero-order valence-corrected chi connectivity index (χ0v) is 14.9. The second-order valence-electron chi connectivity index (χ2n) is 6.98. The molecular formula is C18H16ClFN4O3. The topological polar surface area (TPSA) is 82.2 Å². The van der Waals surface area contributed by atoms with Gasteiger partial charge in [-0.05, 0) is 6.07 Å². The van der Waals surface area contributed by atoms with Gasteiger partial charge in [0.05, 0.1) is 43.5 Å². The highest BCUT2D eigenvalue weighted by Gasteiger charge is 2.61. The molecule has 0 amide bonds. The van der Waals surface area contributed by atoms with E-state index in [1.165, 1.54) is 21.6 Å². The third-order valence-electron chi connectivity index (χ3n) is 5.51. The van der Waals surface area contributed by atoms with E-state index >= 15 is 0 Å². The van der Waals surface area contributed by atoms with E-state index in [-0.39, 0.29) is 59.2 Å². The van der Waals surface area contributed by atoms with Crippen LogP contribution in [-0.2, 0) is 11.3 Å². The van der Waals surface area contributed by atoms with Crippen molar-refractivity contribution in [2.45, 2.75) is 18.7 Å². The lowest BCUT2D eigenvalue weighted by Gasteiger charge is -2.12. The minimum atomic E-state index is -0.357. The van der Waals surface area contributed by atoms with Gasteiger partial charge < -0.3 is 9.84 Å². The predicted octanol–water partition coefficient (Wildman–Crippen LogP) is 1.61. The maximum atomic E-state index is 13.9. The Morgan fingerprint density at radius 2 is 2.19 bits per heavy atom. The maximum absolute atomic E-state index is 13.9. The highest BCUT2D eigenvalue weighted by molar-refractivity contribution is 6.34. The summed E-state index contributed by atoms with van der Waals surface area (Å²) in [5.41, 5.74) is 0.302. The van der Waals surface area contributed by atoms with E-state index < -0.39 is 0 Å². The van der Waals surface area contributed by atoms with Crippen LogP contribution in [0.3, 0.4) is 0 Å². The summed E-state index contributed by atoms with van der Waals surface area (Å²) in [4.78, 5) is 12.9. The normalized spacial score (nSPS) is 26.5. The molecule has 0 bridgehead atoms. The number of aromatic nitrogens is 4.